The van der Waals surface area contributed by atoms with Crippen molar-refractivity contribution in [2.45, 2.75) is 39.2 Å². The molecule has 0 aromatic rings. The Hall–Kier alpha value is -0.860. The van der Waals surface area contributed by atoms with Gasteiger partial charge in [0, 0.05) is 6.04 Å². The van der Waals surface area contributed by atoms with Crippen LogP contribution in [0.5, 0.6) is 0 Å². The van der Waals surface area contributed by atoms with E-state index in [-0.39, 0.29) is 6.04 Å². The van der Waals surface area contributed by atoms with E-state index in [1.165, 1.54) is 11.1 Å². The van der Waals surface area contributed by atoms with Gasteiger partial charge in [0.1, 0.15) is 0 Å². The molecule has 0 radical (unpaired) electrons. The minimum absolute atomic E-state index is 0.162. The number of nitrogens with two attached hydrogens (primary N) is 2. The molecule has 0 heterocycles. The van der Waals surface area contributed by atoms with Crippen LogP contribution in [0, 0.1) is 5.92 Å². The summed E-state index contributed by atoms with van der Waals surface area (Å²) in [6.45, 7) is 12.6. The second-order valence-corrected chi connectivity index (χ2v) is 4.52. The normalized spacial score (nSPS) is 16.2. The predicted molar refractivity (Wildman–Crippen MR) is 73.1 cm³/mol. The van der Waals surface area contributed by atoms with Gasteiger partial charge in [0.2, 0.25) is 0 Å². The highest BCUT2D eigenvalue weighted by atomic mass is 14.6. The van der Waals surface area contributed by atoms with E-state index in [4.69, 9.17) is 11.5 Å². The monoisotopic (exact) mass is 222 g/mol. The summed E-state index contributed by atoms with van der Waals surface area (Å²) in [7, 11) is 0. The lowest BCUT2D eigenvalue weighted by molar-refractivity contribution is 0.544. The van der Waals surface area contributed by atoms with Gasteiger partial charge in [-0.15, -0.1) is 0 Å². The van der Waals surface area contributed by atoms with Crippen molar-refractivity contribution in [3.63, 3.8) is 0 Å². The summed E-state index contributed by atoms with van der Waals surface area (Å²) >= 11 is 0. The maximum absolute atomic E-state index is 5.81. The molecule has 0 aromatic heterocycles. The third-order valence-corrected chi connectivity index (χ3v) is 2.76. The van der Waals surface area contributed by atoms with Gasteiger partial charge in [-0.25, -0.2) is 0 Å². The van der Waals surface area contributed by atoms with Crippen molar-refractivity contribution in [3.05, 3.63) is 36.5 Å². The summed E-state index contributed by atoms with van der Waals surface area (Å²) in [4.78, 5) is 0. The van der Waals surface area contributed by atoms with E-state index in [9.17, 15) is 0 Å². The Bertz CT molecular complexity index is 251. The molecule has 2 atom stereocenters. The Balaban J connectivity index is 4.56. The van der Waals surface area contributed by atoms with E-state index < -0.39 is 0 Å². The number of hydrogen-bond acceptors (Lipinski definition) is 2. The van der Waals surface area contributed by atoms with Crippen LogP contribution in [-0.2, 0) is 0 Å². The van der Waals surface area contributed by atoms with E-state index in [1.807, 2.05) is 19.1 Å². The topological polar surface area (TPSA) is 52.0 Å². The SMILES string of the molecule is C=C/C(CCC(C)CN)=C(\C=C)CC(C)N. The van der Waals surface area contributed by atoms with Crippen molar-refractivity contribution < 1.29 is 0 Å². The van der Waals surface area contributed by atoms with E-state index >= 15 is 0 Å². The molecule has 0 aliphatic rings. The van der Waals surface area contributed by atoms with Crippen LogP contribution in [0.25, 0.3) is 0 Å². The highest BCUT2D eigenvalue weighted by Gasteiger charge is 2.06. The van der Waals surface area contributed by atoms with Gasteiger partial charge in [-0.3, -0.25) is 0 Å². The molecule has 0 fully saturated rings. The average molecular weight is 222 g/mol. The second-order valence-electron chi connectivity index (χ2n) is 4.52. The fourth-order valence-corrected chi connectivity index (χ4v) is 1.61. The maximum atomic E-state index is 5.81. The van der Waals surface area contributed by atoms with Crippen LogP contribution < -0.4 is 11.5 Å². The van der Waals surface area contributed by atoms with Crippen LogP contribution in [0.3, 0.4) is 0 Å². The Labute approximate surface area is 100 Å². The summed E-state index contributed by atoms with van der Waals surface area (Å²) in [6, 6.07) is 0.162. The Morgan fingerprint density at radius 3 is 2.12 bits per heavy atom. The van der Waals surface area contributed by atoms with Crippen molar-refractivity contribution in [2.24, 2.45) is 17.4 Å². The lowest BCUT2D eigenvalue weighted by Crippen LogP contribution is -2.15. The number of hydrogen-bond donors (Lipinski definition) is 2. The van der Waals surface area contributed by atoms with Crippen molar-refractivity contribution in [3.8, 4) is 0 Å². The summed E-state index contributed by atoms with van der Waals surface area (Å²) < 4.78 is 0. The molecule has 0 aliphatic heterocycles. The smallest absolute Gasteiger partial charge is 0.00510 e. The van der Waals surface area contributed by atoms with Crippen LogP contribution in [0.2, 0.25) is 0 Å². The zero-order valence-corrected chi connectivity index (χ0v) is 10.7. The molecule has 0 rings (SSSR count). The van der Waals surface area contributed by atoms with Gasteiger partial charge >= 0.3 is 0 Å². The Kier molecular flexibility index (Phi) is 7.86. The highest BCUT2D eigenvalue weighted by Crippen LogP contribution is 2.20. The van der Waals surface area contributed by atoms with Crippen molar-refractivity contribution in [2.75, 3.05) is 6.54 Å². The molecular formula is C14H26N2. The van der Waals surface area contributed by atoms with Crippen molar-refractivity contribution >= 4 is 0 Å². The molecule has 2 unspecified atom stereocenters. The van der Waals surface area contributed by atoms with Gasteiger partial charge < -0.3 is 11.5 Å². The van der Waals surface area contributed by atoms with Crippen LogP contribution >= 0.6 is 0 Å². The van der Waals surface area contributed by atoms with E-state index in [2.05, 4.69) is 20.1 Å². The summed E-state index contributed by atoms with van der Waals surface area (Å²) in [5.74, 6) is 0.552. The van der Waals surface area contributed by atoms with Crippen molar-refractivity contribution in [1.82, 2.24) is 0 Å². The lowest BCUT2D eigenvalue weighted by atomic mass is 9.94. The Morgan fingerprint density at radius 1 is 1.19 bits per heavy atom. The molecule has 92 valence electrons. The molecule has 0 saturated carbocycles. The highest BCUT2D eigenvalue weighted by molar-refractivity contribution is 5.31. The molecule has 2 nitrogen and oxygen atoms in total. The average Bonchev–Trinajstić information content (AvgIpc) is 2.27. The van der Waals surface area contributed by atoms with Crippen LogP contribution in [0.1, 0.15) is 33.1 Å². The molecule has 0 spiro atoms. The molecule has 0 bridgehead atoms. The number of rotatable bonds is 8. The van der Waals surface area contributed by atoms with Gasteiger partial charge in [0.05, 0.1) is 0 Å². The zero-order valence-electron chi connectivity index (χ0n) is 10.7. The first-order valence-electron chi connectivity index (χ1n) is 5.97. The Morgan fingerprint density at radius 2 is 1.75 bits per heavy atom. The molecule has 0 aliphatic carbocycles. The molecular weight excluding hydrogens is 196 g/mol. The van der Waals surface area contributed by atoms with Gasteiger partial charge in [0.15, 0.2) is 0 Å². The van der Waals surface area contributed by atoms with Gasteiger partial charge in [0.25, 0.3) is 0 Å². The summed E-state index contributed by atoms with van der Waals surface area (Å²) in [5, 5.41) is 0. The summed E-state index contributed by atoms with van der Waals surface area (Å²) in [5.41, 5.74) is 13.9. The standard InChI is InChI=1S/C14H26N2/c1-5-13(8-7-11(3)10-15)14(6-2)9-12(4)16/h5-6,11-12H,1-2,7-10,15-16H2,3-4H3/b14-13-. The molecule has 16 heavy (non-hydrogen) atoms. The quantitative estimate of drug-likeness (QED) is 0.620. The second kappa shape index (κ2) is 8.31. The third-order valence-electron chi connectivity index (χ3n) is 2.76. The molecule has 0 aromatic carbocycles. The fraction of sp³-hybridized carbons (Fsp3) is 0.571. The number of allylic oxidation sites excluding steroid dienone is 3. The van der Waals surface area contributed by atoms with Gasteiger partial charge in [-0.05, 0) is 49.8 Å². The van der Waals surface area contributed by atoms with E-state index in [0.717, 1.165) is 25.8 Å². The minimum atomic E-state index is 0.162. The zero-order chi connectivity index (χ0) is 12.6. The molecule has 4 N–H and O–H groups in total. The largest absolute Gasteiger partial charge is 0.330 e. The molecule has 0 amide bonds. The van der Waals surface area contributed by atoms with Gasteiger partial charge in [-0.1, -0.05) is 32.2 Å². The molecule has 0 saturated heterocycles. The first-order chi connectivity index (χ1) is 7.54. The van der Waals surface area contributed by atoms with E-state index in [1.54, 1.807) is 0 Å². The third kappa shape index (κ3) is 5.89. The fourth-order valence-electron chi connectivity index (χ4n) is 1.61. The van der Waals surface area contributed by atoms with Gasteiger partial charge in [-0.2, -0.15) is 0 Å². The predicted octanol–water partition coefficient (Wildman–Crippen LogP) is 2.77. The van der Waals surface area contributed by atoms with Crippen LogP contribution in [0.15, 0.2) is 36.5 Å². The lowest BCUT2D eigenvalue weighted by Gasteiger charge is -2.13. The maximum Gasteiger partial charge on any atom is 0.00510 e. The first kappa shape index (κ1) is 15.1. The van der Waals surface area contributed by atoms with Crippen LogP contribution in [-0.4, -0.2) is 12.6 Å². The molecule has 2 heteroatoms. The van der Waals surface area contributed by atoms with E-state index in [0.29, 0.717) is 5.92 Å². The first-order valence-corrected chi connectivity index (χ1v) is 5.97. The van der Waals surface area contributed by atoms with Crippen molar-refractivity contribution in [1.29, 1.82) is 0 Å². The van der Waals surface area contributed by atoms with Crippen LogP contribution in [0.4, 0.5) is 0 Å². The summed E-state index contributed by atoms with van der Waals surface area (Å²) in [6.07, 6.45) is 6.78. The minimum Gasteiger partial charge on any atom is -0.330 e.